The second kappa shape index (κ2) is 8.06. The first-order valence-corrected chi connectivity index (χ1v) is 11.3. The van der Waals surface area contributed by atoms with Crippen molar-refractivity contribution in [2.24, 2.45) is 0 Å². The zero-order valence-electron chi connectivity index (χ0n) is 18.6. The Morgan fingerprint density at radius 1 is 1.22 bits per heavy atom. The van der Waals surface area contributed by atoms with Crippen LogP contribution in [0.5, 0.6) is 5.75 Å². The monoisotopic (exact) mass is 450 g/mol. The Morgan fingerprint density at radius 3 is 2.59 bits per heavy atom. The molecule has 6 nitrogen and oxygen atoms in total. The van der Waals surface area contributed by atoms with E-state index in [9.17, 15) is 14.7 Å². The molecule has 0 bridgehead atoms. The van der Waals surface area contributed by atoms with E-state index in [0.29, 0.717) is 22.7 Å². The van der Waals surface area contributed by atoms with Crippen molar-refractivity contribution < 1.29 is 19.4 Å². The van der Waals surface area contributed by atoms with Gasteiger partial charge in [-0.3, -0.25) is 9.69 Å². The summed E-state index contributed by atoms with van der Waals surface area (Å²) in [5.74, 6) is -0.809. The maximum atomic E-state index is 13.9. The molecule has 1 amide bonds. The summed E-state index contributed by atoms with van der Waals surface area (Å²) in [6, 6.07) is 12.7. The van der Waals surface area contributed by atoms with E-state index < -0.39 is 11.5 Å². The fourth-order valence-electron chi connectivity index (χ4n) is 4.39. The number of nitrogens with zero attached hydrogens (tertiary/aromatic N) is 2. The molecule has 0 fully saturated rings. The molecule has 0 saturated heterocycles. The number of hydrogen-bond donors (Lipinski definition) is 1. The predicted molar refractivity (Wildman–Crippen MR) is 125 cm³/mol. The van der Waals surface area contributed by atoms with E-state index in [1.807, 2.05) is 29.6 Å². The van der Waals surface area contributed by atoms with Crippen LogP contribution in [-0.4, -0.2) is 34.6 Å². The molecule has 1 aromatic heterocycles. The Hall–Kier alpha value is -3.19. The summed E-state index contributed by atoms with van der Waals surface area (Å²) in [5, 5.41) is 12.2. The molecule has 0 saturated carbocycles. The highest BCUT2D eigenvalue weighted by Gasteiger charge is 2.53. The van der Waals surface area contributed by atoms with E-state index in [0.717, 1.165) is 11.1 Å². The quantitative estimate of drug-likeness (QED) is 0.609. The number of carbonyl (C=O) groups is 2. The number of anilines is 1. The lowest BCUT2D eigenvalue weighted by molar-refractivity contribution is -0.143. The van der Waals surface area contributed by atoms with E-state index in [1.165, 1.54) is 16.2 Å². The normalized spacial score (nSPS) is 17.8. The average Bonchev–Trinajstić information content (AvgIpc) is 3.38. The van der Waals surface area contributed by atoms with Crippen LogP contribution in [0.25, 0.3) is 0 Å². The number of hydrogen-bond acceptors (Lipinski definition) is 5. The van der Waals surface area contributed by atoms with Crippen molar-refractivity contribution in [3.05, 3.63) is 75.7 Å². The maximum absolute atomic E-state index is 13.9. The van der Waals surface area contributed by atoms with Crippen LogP contribution in [-0.2, 0) is 23.1 Å². The van der Waals surface area contributed by atoms with Gasteiger partial charge >= 0.3 is 5.97 Å². The number of aromatic nitrogens is 1. The van der Waals surface area contributed by atoms with Crippen LogP contribution in [0.2, 0.25) is 0 Å². The second-order valence-electron chi connectivity index (χ2n) is 9.10. The highest BCUT2D eigenvalue weighted by Crippen LogP contribution is 2.43. The topological polar surface area (TPSA) is 79.7 Å². The highest BCUT2D eigenvalue weighted by molar-refractivity contribution is 7.07. The molecule has 1 unspecified atom stereocenters. The van der Waals surface area contributed by atoms with Gasteiger partial charge < -0.3 is 9.84 Å². The van der Waals surface area contributed by atoms with Crippen LogP contribution in [0.15, 0.2) is 53.4 Å². The van der Waals surface area contributed by atoms with Crippen molar-refractivity contribution in [3.63, 3.8) is 0 Å². The number of ether oxygens (including phenoxy) is 1. The molecule has 2 aromatic carbocycles. The Bertz CT molecular complexity index is 1160. The number of thiazole rings is 1. The fourth-order valence-corrected chi connectivity index (χ4v) is 4.95. The van der Waals surface area contributed by atoms with E-state index >= 15 is 0 Å². The van der Waals surface area contributed by atoms with Crippen LogP contribution >= 0.6 is 11.3 Å². The summed E-state index contributed by atoms with van der Waals surface area (Å²) < 4.78 is 5.58. The molecule has 1 aliphatic heterocycles. The van der Waals surface area contributed by atoms with E-state index in [2.05, 4.69) is 25.8 Å². The summed E-state index contributed by atoms with van der Waals surface area (Å²) in [6.07, 6.45) is 0.350. The predicted octanol–water partition coefficient (Wildman–Crippen LogP) is 4.72. The molecule has 0 aliphatic carbocycles. The van der Waals surface area contributed by atoms with Gasteiger partial charge in [0.25, 0.3) is 5.91 Å². The van der Waals surface area contributed by atoms with Crippen molar-refractivity contribution in [2.45, 2.75) is 44.6 Å². The van der Waals surface area contributed by atoms with Gasteiger partial charge in [-0.1, -0.05) is 45.0 Å². The fraction of sp³-hybridized carbons (Fsp3) is 0.320. The van der Waals surface area contributed by atoms with Gasteiger partial charge in [-0.15, -0.1) is 11.3 Å². The third kappa shape index (κ3) is 3.66. The Balaban J connectivity index is 1.84. The lowest BCUT2D eigenvalue weighted by Gasteiger charge is -2.35. The average molecular weight is 451 g/mol. The molecule has 32 heavy (non-hydrogen) atoms. The highest BCUT2D eigenvalue weighted by atomic mass is 32.1. The number of aliphatic carboxylic acids is 1. The smallest absolute Gasteiger partial charge is 0.330 e. The number of rotatable bonds is 5. The van der Waals surface area contributed by atoms with Crippen molar-refractivity contribution >= 4 is 28.9 Å². The molecule has 0 spiro atoms. The molecule has 1 N–H and O–H groups in total. The minimum absolute atomic E-state index is 0.128. The zero-order valence-corrected chi connectivity index (χ0v) is 19.4. The molecule has 0 radical (unpaired) electrons. The van der Waals surface area contributed by atoms with E-state index in [4.69, 9.17) is 4.74 Å². The zero-order chi connectivity index (χ0) is 23.1. The second-order valence-corrected chi connectivity index (χ2v) is 9.82. The summed E-state index contributed by atoms with van der Waals surface area (Å²) in [4.78, 5) is 32.3. The first-order valence-electron chi connectivity index (χ1n) is 10.4. The van der Waals surface area contributed by atoms with Gasteiger partial charge in [0, 0.05) is 29.5 Å². The lowest BCUT2D eigenvalue weighted by atomic mass is 9.85. The van der Waals surface area contributed by atoms with Gasteiger partial charge in [0.05, 0.1) is 18.3 Å². The van der Waals surface area contributed by atoms with Crippen LogP contribution in [0, 0.1) is 0 Å². The van der Waals surface area contributed by atoms with Crippen molar-refractivity contribution in [2.75, 3.05) is 12.0 Å². The summed E-state index contributed by atoms with van der Waals surface area (Å²) in [5.41, 5.74) is 3.53. The van der Waals surface area contributed by atoms with E-state index in [-0.39, 0.29) is 24.2 Å². The minimum atomic E-state index is -1.45. The summed E-state index contributed by atoms with van der Waals surface area (Å²) in [7, 11) is 1.58. The third-order valence-corrected chi connectivity index (χ3v) is 6.59. The Morgan fingerprint density at radius 2 is 1.97 bits per heavy atom. The molecule has 1 atom stereocenters. The SMILES string of the molecule is COc1cc(C(=O)N2c3ccccc3CC2(Cc2cscn2)C(=O)O)ccc1C(C)(C)C. The van der Waals surface area contributed by atoms with Crippen LogP contribution in [0.1, 0.15) is 48.0 Å². The minimum Gasteiger partial charge on any atom is -0.496 e. The van der Waals surface area contributed by atoms with Crippen LogP contribution in [0.4, 0.5) is 5.69 Å². The van der Waals surface area contributed by atoms with Crippen molar-refractivity contribution in [1.29, 1.82) is 0 Å². The molecule has 3 aromatic rings. The molecular formula is C25H26N2O4S. The number of carboxylic acid groups (broad SMARTS) is 1. The van der Waals surface area contributed by atoms with Crippen molar-refractivity contribution in [1.82, 2.24) is 4.98 Å². The summed E-state index contributed by atoms with van der Waals surface area (Å²) >= 11 is 1.41. The Kier molecular flexibility index (Phi) is 5.54. The van der Waals surface area contributed by atoms with Gasteiger partial charge in [0.1, 0.15) is 5.75 Å². The number of benzene rings is 2. The van der Waals surface area contributed by atoms with Crippen LogP contribution in [0.3, 0.4) is 0 Å². The maximum Gasteiger partial charge on any atom is 0.330 e. The number of carbonyl (C=O) groups excluding carboxylic acids is 1. The van der Waals surface area contributed by atoms with E-state index in [1.54, 1.807) is 30.8 Å². The molecule has 166 valence electrons. The first-order chi connectivity index (χ1) is 15.2. The molecule has 7 heteroatoms. The van der Waals surface area contributed by atoms with Crippen molar-refractivity contribution in [3.8, 4) is 5.75 Å². The number of carboxylic acids is 1. The largest absolute Gasteiger partial charge is 0.496 e. The summed E-state index contributed by atoms with van der Waals surface area (Å²) in [6.45, 7) is 6.23. The van der Waals surface area contributed by atoms with Crippen LogP contribution < -0.4 is 9.64 Å². The van der Waals surface area contributed by atoms with Gasteiger partial charge in [-0.2, -0.15) is 0 Å². The lowest BCUT2D eigenvalue weighted by Crippen LogP contribution is -2.57. The molecular weight excluding hydrogens is 424 g/mol. The van der Waals surface area contributed by atoms with Gasteiger partial charge in [0.2, 0.25) is 0 Å². The van der Waals surface area contributed by atoms with Gasteiger partial charge in [-0.25, -0.2) is 9.78 Å². The third-order valence-electron chi connectivity index (χ3n) is 5.96. The molecule has 1 aliphatic rings. The number of para-hydroxylation sites is 1. The Labute approximate surface area is 191 Å². The van der Waals surface area contributed by atoms with Gasteiger partial charge in [0.15, 0.2) is 5.54 Å². The first kappa shape index (κ1) is 22.0. The number of fused-ring (bicyclic) bond motifs is 1. The number of methoxy groups -OCH3 is 1. The number of amides is 1. The van der Waals surface area contributed by atoms with Gasteiger partial charge in [-0.05, 0) is 34.7 Å². The molecule has 4 rings (SSSR count). The molecule has 2 heterocycles. The standard InChI is InChI=1S/C25H26N2O4S/c1-24(2,3)19-10-9-16(11-21(19)31-4)22(28)27-20-8-6-5-7-17(20)12-25(27,23(29)30)13-18-14-32-15-26-18/h5-11,14-15H,12-13H2,1-4H3,(H,29,30).